The Kier molecular flexibility index (Phi) is 3.17. The van der Waals surface area contributed by atoms with Gasteiger partial charge in [-0.15, -0.1) is 0 Å². The lowest BCUT2D eigenvalue weighted by molar-refractivity contribution is -0.146. The van der Waals surface area contributed by atoms with Crippen molar-refractivity contribution in [1.82, 2.24) is 0 Å². The van der Waals surface area contributed by atoms with Crippen LogP contribution in [0.5, 0.6) is 0 Å². The molecule has 0 aromatic rings. The first-order chi connectivity index (χ1) is 6.32. The number of alkyl halides is 1. The van der Waals surface area contributed by atoms with Gasteiger partial charge in [-0.2, -0.15) is 0 Å². The van der Waals surface area contributed by atoms with Crippen LogP contribution in [0.3, 0.4) is 0 Å². The van der Waals surface area contributed by atoms with E-state index in [1.54, 1.807) is 0 Å². The van der Waals surface area contributed by atoms with Crippen LogP contribution in [0.4, 0.5) is 4.39 Å². The molecule has 0 saturated heterocycles. The highest BCUT2D eigenvalue weighted by Crippen LogP contribution is 2.43. The predicted molar refractivity (Wildman–Crippen MR) is 52.8 cm³/mol. The first-order valence-corrected chi connectivity index (χ1v) is 5.19. The largest absolute Gasteiger partial charge is 0.479 e. The quantitative estimate of drug-likeness (QED) is 0.747. The Morgan fingerprint density at radius 2 is 2.07 bits per heavy atom. The van der Waals surface area contributed by atoms with Crippen molar-refractivity contribution in [3.8, 4) is 0 Å². The van der Waals surface area contributed by atoms with Crippen molar-refractivity contribution >= 4 is 5.97 Å². The molecule has 0 aromatic heterocycles. The molecule has 1 saturated carbocycles. The minimum absolute atomic E-state index is 0.0854. The van der Waals surface area contributed by atoms with Crippen LogP contribution in [0.1, 0.15) is 40.0 Å². The molecule has 0 aliphatic heterocycles. The SMILES string of the molecule is CC1CC(C(F)C(=O)O)CC(C)(C)C1. The normalized spacial score (nSPS) is 33.7. The molecule has 1 aliphatic rings. The van der Waals surface area contributed by atoms with Crippen molar-refractivity contribution in [3.05, 3.63) is 0 Å². The van der Waals surface area contributed by atoms with E-state index in [4.69, 9.17) is 5.11 Å². The van der Waals surface area contributed by atoms with E-state index in [0.717, 1.165) is 6.42 Å². The number of carbonyl (C=O) groups is 1. The van der Waals surface area contributed by atoms with Gasteiger partial charge in [-0.25, -0.2) is 9.18 Å². The summed E-state index contributed by atoms with van der Waals surface area (Å²) in [5, 5.41) is 8.62. The molecule has 1 N–H and O–H groups in total. The summed E-state index contributed by atoms with van der Waals surface area (Å²) < 4.78 is 13.3. The van der Waals surface area contributed by atoms with Gasteiger partial charge in [0.15, 0.2) is 6.17 Å². The molecule has 0 heterocycles. The van der Waals surface area contributed by atoms with Crippen LogP contribution in [0.25, 0.3) is 0 Å². The lowest BCUT2D eigenvalue weighted by atomic mass is 9.67. The van der Waals surface area contributed by atoms with Crippen LogP contribution in [0, 0.1) is 17.3 Å². The maximum absolute atomic E-state index is 13.3. The van der Waals surface area contributed by atoms with Crippen LogP contribution >= 0.6 is 0 Å². The summed E-state index contributed by atoms with van der Waals surface area (Å²) in [5.41, 5.74) is 0.0854. The van der Waals surface area contributed by atoms with Gasteiger partial charge < -0.3 is 5.11 Å². The fourth-order valence-corrected chi connectivity index (χ4v) is 2.84. The average molecular weight is 202 g/mol. The van der Waals surface area contributed by atoms with E-state index in [-0.39, 0.29) is 11.3 Å². The summed E-state index contributed by atoms with van der Waals surface area (Å²) in [6.07, 6.45) is 0.773. The van der Waals surface area contributed by atoms with Crippen molar-refractivity contribution < 1.29 is 14.3 Å². The zero-order valence-corrected chi connectivity index (χ0v) is 9.09. The highest BCUT2D eigenvalue weighted by atomic mass is 19.1. The molecule has 1 aliphatic carbocycles. The van der Waals surface area contributed by atoms with Gasteiger partial charge in [0.25, 0.3) is 0 Å². The summed E-state index contributed by atoms with van der Waals surface area (Å²) in [6, 6.07) is 0. The van der Waals surface area contributed by atoms with Crippen LogP contribution in [0.15, 0.2) is 0 Å². The zero-order chi connectivity index (χ0) is 10.9. The molecule has 0 spiro atoms. The second kappa shape index (κ2) is 3.87. The minimum atomic E-state index is -1.68. The van der Waals surface area contributed by atoms with Crippen LogP contribution in [0.2, 0.25) is 0 Å². The van der Waals surface area contributed by atoms with Gasteiger partial charge in [0.1, 0.15) is 0 Å². The van der Waals surface area contributed by atoms with Crippen LogP contribution in [-0.2, 0) is 4.79 Å². The van der Waals surface area contributed by atoms with Crippen molar-refractivity contribution in [2.45, 2.75) is 46.2 Å². The summed E-state index contributed by atoms with van der Waals surface area (Å²) in [7, 11) is 0. The Labute approximate surface area is 84.5 Å². The zero-order valence-electron chi connectivity index (χ0n) is 9.09. The third kappa shape index (κ3) is 2.69. The number of halogens is 1. The summed E-state index contributed by atoms with van der Waals surface area (Å²) >= 11 is 0. The van der Waals surface area contributed by atoms with Crippen LogP contribution < -0.4 is 0 Å². The van der Waals surface area contributed by atoms with E-state index in [0.29, 0.717) is 18.8 Å². The van der Waals surface area contributed by atoms with Gasteiger partial charge in [-0.3, -0.25) is 0 Å². The lowest BCUT2D eigenvalue weighted by Gasteiger charge is -2.39. The molecule has 1 fully saturated rings. The Bertz CT molecular complexity index is 225. The topological polar surface area (TPSA) is 37.3 Å². The van der Waals surface area contributed by atoms with Gasteiger partial charge in [-0.05, 0) is 30.6 Å². The van der Waals surface area contributed by atoms with Crippen molar-refractivity contribution in [2.75, 3.05) is 0 Å². The maximum atomic E-state index is 13.3. The van der Waals surface area contributed by atoms with Gasteiger partial charge in [0, 0.05) is 5.92 Å². The van der Waals surface area contributed by atoms with E-state index in [9.17, 15) is 9.18 Å². The molecule has 3 unspecified atom stereocenters. The van der Waals surface area contributed by atoms with E-state index >= 15 is 0 Å². The highest BCUT2D eigenvalue weighted by Gasteiger charge is 2.38. The summed E-state index contributed by atoms with van der Waals surface area (Å²) in [6.45, 7) is 6.25. The molecule has 82 valence electrons. The Morgan fingerprint density at radius 1 is 1.50 bits per heavy atom. The third-order valence-corrected chi connectivity index (χ3v) is 3.07. The molecular formula is C11H19FO2. The fourth-order valence-electron chi connectivity index (χ4n) is 2.84. The number of hydrogen-bond acceptors (Lipinski definition) is 1. The Balaban J connectivity index is 2.66. The van der Waals surface area contributed by atoms with Gasteiger partial charge in [-0.1, -0.05) is 20.8 Å². The van der Waals surface area contributed by atoms with Crippen molar-refractivity contribution in [3.63, 3.8) is 0 Å². The first-order valence-electron chi connectivity index (χ1n) is 5.19. The number of carboxylic acids is 1. The molecule has 0 aromatic carbocycles. The van der Waals surface area contributed by atoms with E-state index in [2.05, 4.69) is 20.8 Å². The summed E-state index contributed by atoms with van der Waals surface area (Å²) in [5.74, 6) is -1.17. The second-order valence-corrected chi connectivity index (χ2v) is 5.41. The Hall–Kier alpha value is -0.600. The molecule has 3 heteroatoms. The molecule has 0 radical (unpaired) electrons. The molecule has 0 bridgehead atoms. The molecule has 14 heavy (non-hydrogen) atoms. The number of aliphatic carboxylic acids is 1. The summed E-state index contributed by atoms with van der Waals surface area (Å²) in [4.78, 5) is 10.5. The Morgan fingerprint density at radius 3 is 2.50 bits per heavy atom. The number of rotatable bonds is 2. The number of hydrogen-bond donors (Lipinski definition) is 1. The van der Waals surface area contributed by atoms with Crippen molar-refractivity contribution in [1.29, 1.82) is 0 Å². The molecular weight excluding hydrogens is 183 g/mol. The second-order valence-electron chi connectivity index (χ2n) is 5.41. The van der Waals surface area contributed by atoms with Gasteiger partial charge in [0.05, 0.1) is 0 Å². The average Bonchev–Trinajstić information content (AvgIpc) is 1.98. The minimum Gasteiger partial charge on any atom is -0.479 e. The molecule has 0 amide bonds. The third-order valence-electron chi connectivity index (χ3n) is 3.07. The van der Waals surface area contributed by atoms with Gasteiger partial charge in [0.2, 0.25) is 0 Å². The standard InChI is InChI=1S/C11H19FO2/c1-7-4-8(9(12)10(13)14)6-11(2,3)5-7/h7-9H,4-6H2,1-3H3,(H,13,14). The molecule has 3 atom stereocenters. The molecule has 2 nitrogen and oxygen atoms in total. The molecule has 1 rings (SSSR count). The fraction of sp³-hybridized carbons (Fsp3) is 0.909. The van der Waals surface area contributed by atoms with Crippen LogP contribution in [-0.4, -0.2) is 17.2 Å². The smallest absolute Gasteiger partial charge is 0.338 e. The van der Waals surface area contributed by atoms with E-state index < -0.39 is 12.1 Å². The first kappa shape index (κ1) is 11.5. The van der Waals surface area contributed by atoms with E-state index in [1.165, 1.54) is 0 Å². The number of carboxylic acid groups (broad SMARTS) is 1. The van der Waals surface area contributed by atoms with E-state index in [1.807, 2.05) is 0 Å². The van der Waals surface area contributed by atoms with Crippen molar-refractivity contribution in [2.24, 2.45) is 17.3 Å². The predicted octanol–water partition coefficient (Wildman–Crippen LogP) is 2.87. The lowest BCUT2D eigenvalue weighted by Crippen LogP contribution is -2.35. The van der Waals surface area contributed by atoms with Gasteiger partial charge >= 0.3 is 5.97 Å². The monoisotopic (exact) mass is 202 g/mol. The highest BCUT2D eigenvalue weighted by molar-refractivity contribution is 5.72. The maximum Gasteiger partial charge on any atom is 0.338 e.